The Morgan fingerprint density at radius 1 is 1.37 bits per heavy atom. The number of aromatic amines is 1. The van der Waals surface area contributed by atoms with E-state index < -0.39 is 35.9 Å². The van der Waals surface area contributed by atoms with Crippen LogP contribution in [0.5, 0.6) is 0 Å². The highest BCUT2D eigenvalue weighted by atomic mass is 35.5. The number of aliphatic hydroxyl groups is 1. The van der Waals surface area contributed by atoms with Crippen molar-refractivity contribution in [2.75, 3.05) is 0 Å². The van der Waals surface area contributed by atoms with Crippen molar-refractivity contribution in [3.8, 4) is 0 Å². The fourth-order valence-electron chi connectivity index (χ4n) is 2.88. The number of hydrogen-bond donors (Lipinski definition) is 3. The van der Waals surface area contributed by atoms with Crippen LogP contribution in [0.15, 0.2) is 24.4 Å². The molecule has 0 spiro atoms. The second kappa shape index (κ2) is 10.7. The molecule has 1 aromatic carbocycles. The summed E-state index contributed by atoms with van der Waals surface area (Å²) in [4.78, 5) is 42.0. The van der Waals surface area contributed by atoms with Crippen molar-refractivity contribution in [3.63, 3.8) is 0 Å². The number of fused-ring (bicyclic) bond motifs is 1. The fourth-order valence-corrected chi connectivity index (χ4v) is 3.05. The number of esters is 1. The summed E-state index contributed by atoms with van der Waals surface area (Å²) < 4.78 is 5.11. The Kier molecular flexibility index (Phi) is 8.29. The number of nitrogens with one attached hydrogen (secondary N) is 2. The number of benzene rings is 1. The molecule has 160 valence electrons. The van der Waals surface area contributed by atoms with Crippen LogP contribution in [-0.4, -0.2) is 57.0 Å². The van der Waals surface area contributed by atoms with E-state index in [4.69, 9.17) is 21.9 Å². The van der Waals surface area contributed by atoms with E-state index in [1.807, 2.05) is 0 Å². The summed E-state index contributed by atoms with van der Waals surface area (Å²) in [5.74, 6) is -2.01. The molecular formula is C20H23ClN4O5. The minimum Gasteiger partial charge on any atom is -0.461 e. The Morgan fingerprint density at radius 2 is 2.10 bits per heavy atom. The Morgan fingerprint density at radius 3 is 2.77 bits per heavy atom. The monoisotopic (exact) mass is 434 g/mol. The van der Waals surface area contributed by atoms with Crippen LogP contribution in [0.4, 0.5) is 0 Å². The van der Waals surface area contributed by atoms with Crippen molar-refractivity contribution in [2.45, 2.75) is 51.4 Å². The second-order valence-electron chi connectivity index (χ2n) is 7.02. The maximum Gasteiger partial charge on any atom is 0.328 e. The number of rotatable bonds is 10. The number of carbonyl (C=O) groups is 3. The van der Waals surface area contributed by atoms with Gasteiger partial charge in [0.25, 0.3) is 0 Å². The van der Waals surface area contributed by atoms with Gasteiger partial charge < -0.3 is 25.7 Å². The quantitative estimate of drug-likeness (QED) is 0.226. The number of aliphatic hydroxyl groups excluding tert-OH is 1. The van der Waals surface area contributed by atoms with Gasteiger partial charge >= 0.3 is 12.2 Å². The molecule has 0 unspecified atom stereocenters. The van der Waals surface area contributed by atoms with E-state index in [2.05, 4.69) is 15.1 Å². The van der Waals surface area contributed by atoms with E-state index in [-0.39, 0.29) is 19.3 Å². The van der Waals surface area contributed by atoms with E-state index >= 15 is 0 Å². The average Bonchev–Trinajstić information content (AvgIpc) is 3.06. The van der Waals surface area contributed by atoms with E-state index in [1.165, 1.54) is 0 Å². The molecule has 1 amide bonds. The van der Waals surface area contributed by atoms with Gasteiger partial charge in [0, 0.05) is 35.0 Å². The molecule has 0 bridgehead atoms. The van der Waals surface area contributed by atoms with Gasteiger partial charge in [-0.1, -0.05) is 17.7 Å². The molecule has 0 fully saturated rings. The smallest absolute Gasteiger partial charge is 0.328 e. The molecule has 2 atom stereocenters. The fraction of sp³-hybridized carbons (Fsp3) is 0.400. The third kappa shape index (κ3) is 6.52. The van der Waals surface area contributed by atoms with Crippen molar-refractivity contribution in [1.82, 2.24) is 10.3 Å². The Hall–Kier alpha value is -3.00. The van der Waals surface area contributed by atoms with E-state index in [1.54, 1.807) is 38.2 Å². The molecule has 30 heavy (non-hydrogen) atoms. The number of nitrogens with zero attached hydrogens (tertiary/aromatic N) is 2. The molecule has 9 nitrogen and oxygen atoms in total. The summed E-state index contributed by atoms with van der Waals surface area (Å²) in [5.41, 5.74) is 9.88. The third-order valence-electron chi connectivity index (χ3n) is 4.28. The first-order valence-corrected chi connectivity index (χ1v) is 9.73. The summed E-state index contributed by atoms with van der Waals surface area (Å²) in [7, 11) is 0. The molecular weight excluding hydrogens is 412 g/mol. The van der Waals surface area contributed by atoms with Crippen LogP contribution >= 0.6 is 11.6 Å². The molecule has 2 aromatic rings. The molecule has 0 aliphatic heterocycles. The lowest BCUT2D eigenvalue weighted by molar-refractivity contribution is -0.152. The SMILES string of the molecule is CC(C)OC(=O)[C@H](CCC(=O)C=[N+]=[N-])NC(=O)[C@@H](O)Cc1c[nH]c2cc(Cl)ccc12. The number of amides is 1. The van der Waals surface area contributed by atoms with Crippen LogP contribution in [-0.2, 0) is 25.5 Å². The van der Waals surface area contributed by atoms with Gasteiger partial charge in [-0.3, -0.25) is 9.59 Å². The third-order valence-corrected chi connectivity index (χ3v) is 4.51. The van der Waals surface area contributed by atoms with Crippen molar-refractivity contribution >= 4 is 46.4 Å². The molecule has 1 heterocycles. The lowest BCUT2D eigenvalue weighted by Crippen LogP contribution is -2.47. The maximum atomic E-state index is 12.5. The number of halogens is 1. The van der Waals surface area contributed by atoms with Gasteiger partial charge in [0.1, 0.15) is 12.1 Å². The largest absolute Gasteiger partial charge is 0.461 e. The summed E-state index contributed by atoms with van der Waals surface area (Å²) in [6.45, 7) is 3.30. The average molecular weight is 435 g/mol. The van der Waals surface area contributed by atoms with Gasteiger partial charge in [-0.05, 0) is 38.0 Å². The first-order chi connectivity index (χ1) is 14.2. The molecule has 0 aliphatic rings. The molecule has 0 radical (unpaired) electrons. The molecule has 0 saturated carbocycles. The van der Waals surface area contributed by atoms with E-state index in [0.29, 0.717) is 16.8 Å². The second-order valence-corrected chi connectivity index (χ2v) is 7.46. The number of H-pyrrole nitrogens is 1. The minimum atomic E-state index is -1.43. The zero-order chi connectivity index (χ0) is 22.3. The predicted octanol–water partition coefficient (Wildman–Crippen LogP) is 1.81. The summed E-state index contributed by atoms with van der Waals surface area (Å²) in [6.07, 6.45) is 0.329. The number of aromatic nitrogens is 1. The highest BCUT2D eigenvalue weighted by Crippen LogP contribution is 2.23. The van der Waals surface area contributed by atoms with Crippen LogP contribution in [0, 0.1) is 0 Å². The molecule has 3 N–H and O–H groups in total. The van der Waals surface area contributed by atoms with Gasteiger partial charge in [-0.2, -0.15) is 4.79 Å². The summed E-state index contributed by atoms with van der Waals surface area (Å²) >= 11 is 5.96. The molecule has 1 aromatic heterocycles. The molecule has 10 heteroatoms. The van der Waals surface area contributed by atoms with Crippen molar-refractivity contribution in [2.24, 2.45) is 0 Å². The first kappa shape index (κ1) is 23.3. The zero-order valence-electron chi connectivity index (χ0n) is 16.6. The van der Waals surface area contributed by atoms with Crippen molar-refractivity contribution in [1.29, 1.82) is 0 Å². The van der Waals surface area contributed by atoms with Crippen LogP contribution < -0.4 is 5.32 Å². The van der Waals surface area contributed by atoms with Crippen LogP contribution in [0.25, 0.3) is 16.4 Å². The Bertz CT molecular complexity index is 981. The van der Waals surface area contributed by atoms with Crippen LogP contribution in [0.2, 0.25) is 5.02 Å². The van der Waals surface area contributed by atoms with Gasteiger partial charge in [0.15, 0.2) is 0 Å². The predicted molar refractivity (Wildman–Crippen MR) is 110 cm³/mol. The number of Topliss-reactive ketones (excluding diaryl/α,β-unsaturated/α-hetero) is 1. The standard InChI is InChI=1S/C20H23ClN4O5/c1-11(2)30-20(29)16(6-4-14(26)10-24-22)25-19(28)18(27)7-12-9-23-17-8-13(21)3-5-15(12)17/h3,5,8-11,16,18,23,27H,4,6-7H2,1-2H3,(H,25,28)/t16-,18-/m0/s1. The van der Waals surface area contributed by atoms with Crippen molar-refractivity contribution < 1.29 is 29.0 Å². The van der Waals surface area contributed by atoms with Gasteiger partial charge in [0.2, 0.25) is 11.7 Å². The van der Waals surface area contributed by atoms with E-state index in [9.17, 15) is 19.5 Å². The van der Waals surface area contributed by atoms with Crippen molar-refractivity contribution in [3.05, 3.63) is 40.5 Å². The lowest BCUT2D eigenvalue weighted by atomic mass is 10.0. The van der Waals surface area contributed by atoms with Gasteiger partial charge in [-0.15, -0.1) is 0 Å². The Balaban J connectivity index is 2.07. The molecule has 2 rings (SSSR count). The maximum absolute atomic E-state index is 12.5. The highest BCUT2D eigenvalue weighted by molar-refractivity contribution is 6.31. The number of ketones is 1. The normalized spacial score (nSPS) is 12.8. The number of hydrogen-bond acceptors (Lipinski definition) is 5. The van der Waals surface area contributed by atoms with Crippen LogP contribution in [0.3, 0.4) is 0 Å². The van der Waals surface area contributed by atoms with Crippen LogP contribution in [0.1, 0.15) is 32.3 Å². The van der Waals surface area contributed by atoms with Gasteiger partial charge in [0.05, 0.1) is 6.10 Å². The van der Waals surface area contributed by atoms with E-state index in [0.717, 1.165) is 10.9 Å². The summed E-state index contributed by atoms with van der Waals surface area (Å²) in [5, 5.41) is 14.2. The number of ether oxygens (including phenoxy) is 1. The zero-order valence-corrected chi connectivity index (χ0v) is 17.3. The molecule has 0 aliphatic carbocycles. The van der Waals surface area contributed by atoms with Gasteiger partial charge in [-0.25, -0.2) is 4.79 Å². The highest BCUT2D eigenvalue weighted by Gasteiger charge is 2.27. The topological polar surface area (TPSA) is 145 Å². The molecule has 0 saturated heterocycles. The Labute approximate surface area is 178 Å². The minimum absolute atomic E-state index is 0.00944. The lowest BCUT2D eigenvalue weighted by Gasteiger charge is -2.20. The summed E-state index contributed by atoms with van der Waals surface area (Å²) in [6, 6.07) is 4.09. The first-order valence-electron chi connectivity index (χ1n) is 9.36. The number of carbonyl (C=O) groups excluding carboxylic acids is 3.